The summed E-state index contributed by atoms with van der Waals surface area (Å²) in [6.45, 7) is 1.83. The van der Waals surface area contributed by atoms with Gasteiger partial charge < -0.3 is 9.88 Å². The zero-order chi connectivity index (χ0) is 17.3. The molecule has 0 bridgehead atoms. The number of imidazole rings is 1. The Bertz CT molecular complexity index is 910. The van der Waals surface area contributed by atoms with E-state index in [0.717, 1.165) is 16.2 Å². The first kappa shape index (κ1) is 17.1. The Hall–Kier alpha value is -1.69. The van der Waals surface area contributed by atoms with Gasteiger partial charge in [-0.15, -0.1) is 0 Å². The van der Waals surface area contributed by atoms with Crippen LogP contribution in [0.2, 0.25) is 10.0 Å². The number of carbonyl (C=O) groups is 1. The molecule has 0 fully saturated rings. The lowest BCUT2D eigenvalue weighted by atomic mass is 10.3. The third kappa shape index (κ3) is 3.53. The van der Waals surface area contributed by atoms with Crippen molar-refractivity contribution in [2.24, 2.45) is 7.05 Å². The van der Waals surface area contributed by atoms with E-state index >= 15 is 0 Å². The van der Waals surface area contributed by atoms with Crippen molar-refractivity contribution in [2.45, 2.75) is 17.3 Å². The van der Waals surface area contributed by atoms with E-state index in [1.807, 2.05) is 42.8 Å². The fourth-order valence-electron chi connectivity index (χ4n) is 2.27. The van der Waals surface area contributed by atoms with Gasteiger partial charge in [-0.1, -0.05) is 47.1 Å². The summed E-state index contributed by atoms with van der Waals surface area (Å²) in [6.07, 6.45) is 0. The second-order valence-electron chi connectivity index (χ2n) is 5.32. The van der Waals surface area contributed by atoms with E-state index in [-0.39, 0.29) is 11.2 Å². The maximum Gasteiger partial charge on any atom is 0.237 e. The number of anilines is 1. The Morgan fingerprint density at radius 1 is 1.25 bits per heavy atom. The van der Waals surface area contributed by atoms with Gasteiger partial charge in [0, 0.05) is 12.1 Å². The Morgan fingerprint density at radius 2 is 2.00 bits per heavy atom. The summed E-state index contributed by atoms with van der Waals surface area (Å²) in [6, 6.07) is 12.8. The maximum absolute atomic E-state index is 12.4. The van der Waals surface area contributed by atoms with Crippen molar-refractivity contribution in [1.82, 2.24) is 9.55 Å². The number of nitrogens with zero attached hydrogens (tertiary/aromatic N) is 2. The summed E-state index contributed by atoms with van der Waals surface area (Å²) in [5.74, 6) is -0.156. The summed E-state index contributed by atoms with van der Waals surface area (Å²) < 4.78 is 1.98. The standard InChI is InChI=1S/C17H15Cl2N3OS/c1-10(16(23)20-14-9-11(18)7-8-12(14)19)24-17-21-13-5-3-4-6-15(13)22(17)2/h3-10H,1-2H3,(H,20,23). The van der Waals surface area contributed by atoms with Gasteiger partial charge in [-0.25, -0.2) is 4.98 Å². The van der Waals surface area contributed by atoms with Gasteiger partial charge in [-0.3, -0.25) is 4.79 Å². The summed E-state index contributed by atoms with van der Waals surface area (Å²) in [7, 11) is 1.94. The number of aromatic nitrogens is 2. The van der Waals surface area contributed by atoms with Crippen molar-refractivity contribution < 1.29 is 4.79 Å². The highest BCUT2D eigenvalue weighted by molar-refractivity contribution is 8.00. The van der Waals surface area contributed by atoms with Crippen LogP contribution < -0.4 is 5.32 Å². The SMILES string of the molecule is CC(Sc1nc2ccccc2n1C)C(=O)Nc1cc(Cl)ccc1Cl. The van der Waals surface area contributed by atoms with Gasteiger partial charge in [0.25, 0.3) is 0 Å². The molecule has 0 aliphatic carbocycles. The molecule has 0 spiro atoms. The average Bonchev–Trinajstić information content (AvgIpc) is 2.87. The smallest absolute Gasteiger partial charge is 0.237 e. The third-order valence-corrected chi connectivity index (χ3v) is 5.29. The molecule has 1 unspecified atom stereocenters. The number of hydrogen-bond acceptors (Lipinski definition) is 3. The molecule has 4 nitrogen and oxygen atoms in total. The van der Waals surface area contributed by atoms with E-state index < -0.39 is 0 Å². The van der Waals surface area contributed by atoms with Gasteiger partial charge in [0.15, 0.2) is 5.16 Å². The third-order valence-electron chi connectivity index (χ3n) is 3.58. The first-order chi connectivity index (χ1) is 11.5. The van der Waals surface area contributed by atoms with Crippen LogP contribution in [-0.2, 0) is 11.8 Å². The zero-order valence-corrected chi connectivity index (χ0v) is 15.4. The number of benzene rings is 2. The molecule has 7 heteroatoms. The van der Waals surface area contributed by atoms with Crippen LogP contribution >= 0.6 is 35.0 Å². The molecule has 24 heavy (non-hydrogen) atoms. The molecule has 0 saturated carbocycles. The number of aryl methyl sites for hydroxylation is 1. The van der Waals surface area contributed by atoms with E-state index in [4.69, 9.17) is 23.2 Å². The minimum Gasteiger partial charge on any atom is -0.324 e. The van der Waals surface area contributed by atoms with Crippen LogP contribution in [0.25, 0.3) is 11.0 Å². The Morgan fingerprint density at radius 3 is 2.75 bits per heavy atom. The number of halogens is 2. The van der Waals surface area contributed by atoms with Gasteiger partial charge in [0.1, 0.15) is 0 Å². The Kier molecular flexibility index (Phi) is 5.04. The second kappa shape index (κ2) is 7.05. The number of nitrogens with one attached hydrogen (secondary N) is 1. The van der Waals surface area contributed by atoms with Crippen molar-refractivity contribution in [2.75, 3.05) is 5.32 Å². The van der Waals surface area contributed by atoms with E-state index in [2.05, 4.69) is 10.3 Å². The topological polar surface area (TPSA) is 46.9 Å². The van der Waals surface area contributed by atoms with Crippen LogP contribution in [0, 0.1) is 0 Å². The molecule has 3 aromatic rings. The molecule has 3 rings (SSSR count). The number of fused-ring (bicyclic) bond motifs is 1. The molecular formula is C17H15Cl2N3OS. The summed E-state index contributed by atoms with van der Waals surface area (Å²) in [4.78, 5) is 17.0. The first-order valence-corrected chi connectivity index (χ1v) is 8.93. The highest BCUT2D eigenvalue weighted by Crippen LogP contribution is 2.29. The lowest BCUT2D eigenvalue weighted by Crippen LogP contribution is -2.23. The molecule has 124 valence electrons. The van der Waals surface area contributed by atoms with E-state index in [1.165, 1.54) is 11.8 Å². The van der Waals surface area contributed by atoms with E-state index in [9.17, 15) is 4.79 Å². The number of hydrogen-bond donors (Lipinski definition) is 1. The molecule has 0 radical (unpaired) electrons. The number of amides is 1. The number of thioether (sulfide) groups is 1. The summed E-state index contributed by atoms with van der Waals surface area (Å²) >= 11 is 13.4. The molecule has 1 atom stereocenters. The van der Waals surface area contributed by atoms with Crippen LogP contribution in [-0.4, -0.2) is 20.7 Å². The molecule has 1 heterocycles. The number of carbonyl (C=O) groups excluding carboxylic acids is 1. The lowest BCUT2D eigenvalue weighted by Gasteiger charge is -2.13. The van der Waals surface area contributed by atoms with Gasteiger partial charge in [-0.2, -0.15) is 0 Å². The monoisotopic (exact) mass is 379 g/mol. The predicted molar refractivity (Wildman–Crippen MR) is 101 cm³/mol. The predicted octanol–water partition coefficient (Wildman–Crippen LogP) is 5.00. The minimum absolute atomic E-state index is 0.156. The minimum atomic E-state index is -0.337. The summed E-state index contributed by atoms with van der Waals surface area (Å²) in [5, 5.41) is 4.23. The molecule has 1 N–H and O–H groups in total. The quantitative estimate of drug-likeness (QED) is 0.648. The molecule has 0 aliphatic heterocycles. The Balaban J connectivity index is 1.76. The highest BCUT2D eigenvalue weighted by Gasteiger charge is 2.19. The molecule has 0 saturated heterocycles. The van der Waals surface area contributed by atoms with Crippen LogP contribution in [0.4, 0.5) is 5.69 Å². The molecule has 1 aromatic heterocycles. The van der Waals surface area contributed by atoms with Crippen LogP contribution in [0.1, 0.15) is 6.92 Å². The van der Waals surface area contributed by atoms with Gasteiger partial charge >= 0.3 is 0 Å². The molecule has 0 aliphatic rings. The fourth-order valence-corrected chi connectivity index (χ4v) is 3.49. The summed E-state index contributed by atoms with van der Waals surface area (Å²) in [5.41, 5.74) is 2.45. The highest BCUT2D eigenvalue weighted by atomic mass is 35.5. The van der Waals surface area contributed by atoms with E-state index in [1.54, 1.807) is 18.2 Å². The van der Waals surface area contributed by atoms with Crippen molar-refractivity contribution in [3.8, 4) is 0 Å². The van der Waals surface area contributed by atoms with E-state index in [0.29, 0.717) is 15.7 Å². The number of rotatable bonds is 4. The normalized spacial score (nSPS) is 12.3. The zero-order valence-electron chi connectivity index (χ0n) is 13.1. The molecule has 2 aromatic carbocycles. The van der Waals surface area contributed by atoms with Crippen LogP contribution in [0.15, 0.2) is 47.6 Å². The van der Waals surface area contributed by atoms with Gasteiger partial charge in [-0.05, 0) is 37.3 Å². The molecular weight excluding hydrogens is 365 g/mol. The fraction of sp³-hybridized carbons (Fsp3) is 0.176. The Labute approximate surface area is 154 Å². The average molecular weight is 380 g/mol. The van der Waals surface area contributed by atoms with Crippen molar-refractivity contribution in [3.63, 3.8) is 0 Å². The van der Waals surface area contributed by atoms with Crippen molar-refractivity contribution in [1.29, 1.82) is 0 Å². The van der Waals surface area contributed by atoms with Crippen molar-refractivity contribution in [3.05, 3.63) is 52.5 Å². The largest absolute Gasteiger partial charge is 0.324 e. The van der Waals surface area contributed by atoms with Crippen molar-refractivity contribution >= 4 is 57.6 Å². The van der Waals surface area contributed by atoms with Gasteiger partial charge in [0.05, 0.1) is 27.0 Å². The lowest BCUT2D eigenvalue weighted by molar-refractivity contribution is -0.115. The van der Waals surface area contributed by atoms with Gasteiger partial charge in [0.2, 0.25) is 5.91 Å². The molecule has 1 amide bonds. The van der Waals surface area contributed by atoms with Crippen LogP contribution in [0.3, 0.4) is 0 Å². The number of para-hydroxylation sites is 2. The maximum atomic E-state index is 12.4. The second-order valence-corrected chi connectivity index (χ2v) is 7.47. The first-order valence-electron chi connectivity index (χ1n) is 7.29. The van der Waals surface area contributed by atoms with Crippen LogP contribution in [0.5, 0.6) is 0 Å².